The van der Waals surface area contributed by atoms with Crippen molar-refractivity contribution >= 4 is 12.0 Å². The average Bonchev–Trinajstić information content (AvgIpc) is 3.72. The van der Waals surface area contributed by atoms with E-state index in [0.29, 0.717) is 19.4 Å². The number of ether oxygens (including phenoxy) is 4. The van der Waals surface area contributed by atoms with Crippen LogP contribution in [0.3, 0.4) is 0 Å². The molecule has 2 heterocycles. The molecule has 4 fully saturated rings. The lowest BCUT2D eigenvalue weighted by Crippen LogP contribution is -2.56. The number of alkyl carbamates (subject to hydrolysis) is 1. The van der Waals surface area contributed by atoms with Crippen LogP contribution in [-0.2, 0) is 23.7 Å². The molecule has 8 heteroatoms. The highest BCUT2D eigenvalue weighted by Crippen LogP contribution is 2.59. The van der Waals surface area contributed by atoms with Crippen LogP contribution >= 0.6 is 0 Å². The van der Waals surface area contributed by atoms with Crippen LogP contribution in [0.4, 0.5) is 4.79 Å². The summed E-state index contributed by atoms with van der Waals surface area (Å²) in [4.78, 5) is 24.7. The number of nitrogens with one attached hydrogen (secondary N) is 2. The molecule has 2 aliphatic heterocycles. The van der Waals surface area contributed by atoms with Crippen LogP contribution < -0.4 is 10.6 Å². The highest BCUT2D eigenvalue weighted by molar-refractivity contribution is 5.76. The number of rotatable bonds is 9. The molecular weight excluding hydrogens is 448 g/mol. The standard InChI is InChI=1S/C27H44N2O6/c1-6-7-22(30)28-18-9-11-19(12-10-18)29-25(31)34-20-14-15-27(16-33-27)24(23(20)32-5)26(4)21(35-26)13-8-17(2)3/h8,18-21,23-24H,6-7,9-16H2,1-5H3,(H,28,30)(H,29,31)/t18?,19?,20?,21-,23?,24?,26+,27+/m1/s1. The van der Waals surface area contributed by atoms with Crippen molar-refractivity contribution < 1.29 is 28.5 Å². The number of epoxide rings is 2. The highest BCUT2D eigenvalue weighted by atomic mass is 16.6. The second-order valence-corrected chi connectivity index (χ2v) is 11.3. The van der Waals surface area contributed by atoms with E-state index < -0.39 is 0 Å². The summed E-state index contributed by atoms with van der Waals surface area (Å²) in [5.41, 5.74) is 0.705. The van der Waals surface area contributed by atoms with E-state index in [4.69, 9.17) is 18.9 Å². The molecule has 1 spiro atoms. The van der Waals surface area contributed by atoms with E-state index in [-0.39, 0.29) is 59.5 Å². The van der Waals surface area contributed by atoms with Crippen LogP contribution in [0.5, 0.6) is 0 Å². The molecule has 6 atom stereocenters. The van der Waals surface area contributed by atoms with Gasteiger partial charge in [0.2, 0.25) is 5.91 Å². The van der Waals surface area contributed by atoms with Crippen LogP contribution in [0.1, 0.15) is 85.5 Å². The number of hydrogen-bond donors (Lipinski definition) is 2. The van der Waals surface area contributed by atoms with Gasteiger partial charge in [0.1, 0.15) is 23.4 Å². The van der Waals surface area contributed by atoms with Crippen LogP contribution in [0.2, 0.25) is 0 Å². The quantitative estimate of drug-likeness (QED) is 0.372. The molecule has 0 aromatic rings. The fourth-order valence-corrected chi connectivity index (χ4v) is 6.32. The Kier molecular flexibility index (Phi) is 8.13. The maximum atomic E-state index is 12.8. The van der Waals surface area contributed by atoms with Gasteiger partial charge in [-0.25, -0.2) is 4.79 Å². The molecule has 2 saturated carbocycles. The monoisotopic (exact) mass is 492 g/mol. The fraction of sp³-hybridized carbons (Fsp3) is 0.852. The molecule has 8 nitrogen and oxygen atoms in total. The van der Waals surface area contributed by atoms with Crippen LogP contribution in [0.25, 0.3) is 0 Å². The lowest BCUT2D eigenvalue weighted by molar-refractivity contribution is -0.122. The first-order chi connectivity index (χ1) is 16.7. The second-order valence-electron chi connectivity index (χ2n) is 11.3. The molecule has 2 aliphatic carbocycles. The van der Waals surface area contributed by atoms with Crippen LogP contribution in [0.15, 0.2) is 11.6 Å². The molecule has 4 aliphatic rings. The molecule has 0 aromatic carbocycles. The zero-order valence-electron chi connectivity index (χ0n) is 22.1. The maximum absolute atomic E-state index is 12.8. The Hall–Kier alpha value is -1.64. The van der Waals surface area contributed by atoms with Gasteiger partial charge in [-0.3, -0.25) is 4.79 Å². The minimum atomic E-state index is -0.384. The molecule has 35 heavy (non-hydrogen) atoms. The predicted octanol–water partition coefficient (Wildman–Crippen LogP) is 4.02. The molecule has 2 N–H and O–H groups in total. The average molecular weight is 493 g/mol. The number of carbonyl (C=O) groups excluding carboxylic acids is 2. The lowest BCUT2D eigenvalue weighted by Gasteiger charge is -2.42. The van der Waals surface area contributed by atoms with Crippen molar-refractivity contribution in [2.45, 2.75) is 127 Å². The first-order valence-corrected chi connectivity index (χ1v) is 13.4. The van der Waals surface area contributed by atoms with Gasteiger partial charge in [0.25, 0.3) is 0 Å². The lowest BCUT2D eigenvalue weighted by atomic mass is 9.68. The Balaban J connectivity index is 1.30. The van der Waals surface area contributed by atoms with Crippen molar-refractivity contribution in [3.8, 4) is 0 Å². The predicted molar refractivity (Wildman–Crippen MR) is 132 cm³/mol. The topological polar surface area (TPSA) is 102 Å². The Morgan fingerprint density at radius 3 is 2.31 bits per heavy atom. The minimum Gasteiger partial charge on any atom is -0.443 e. The minimum absolute atomic E-state index is 0.0179. The zero-order valence-corrected chi connectivity index (χ0v) is 22.1. The molecule has 3 unspecified atom stereocenters. The van der Waals surface area contributed by atoms with Crippen LogP contribution in [0, 0.1) is 5.92 Å². The Labute approximate surface area is 209 Å². The van der Waals surface area contributed by atoms with Crippen molar-refractivity contribution in [3.63, 3.8) is 0 Å². The summed E-state index contributed by atoms with van der Waals surface area (Å²) in [6.07, 6.45) is 8.60. The van der Waals surface area contributed by atoms with E-state index in [9.17, 15) is 9.59 Å². The Morgan fingerprint density at radius 2 is 1.74 bits per heavy atom. The molecule has 198 valence electrons. The summed E-state index contributed by atoms with van der Waals surface area (Å²) in [6.45, 7) is 9.06. The number of allylic oxidation sites excluding steroid dienone is 1. The van der Waals surface area contributed by atoms with Gasteiger partial charge >= 0.3 is 6.09 Å². The molecule has 2 saturated heterocycles. The summed E-state index contributed by atoms with van der Waals surface area (Å²) in [5, 5.41) is 6.16. The summed E-state index contributed by atoms with van der Waals surface area (Å²) < 4.78 is 24.2. The normalized spacial score (nSPS) is 40.0. The van der Waals surface area contributed by atoms with E-state index in [2.05, 4.69) is 37.5 Å². The summed E-state index contributed by atoms with van der Waals surface area (Å²) >= 11 is 0. The third-order valence-corrected chi connectivity index (χ3v) is 8.39. The zero-order chi connectivity index (χ0) is 25.2. The van der Waals surface area contributed by atoms with Gasteiger partial charge in [-0.05, 0) is 72.1 Å². The van der Waals surface area contributed by atoms with E-state index >= 15 is 0 Å². The van der Waals surface area contributed by atoms with Gasteiger partial charge in [-0.1, -0.05) is 18.6 Å². The number of methoxy groups -OCH3 is 1. The third-order valence-electron chi connectivity index (χ3n) is 8.39. The molecule has 0 aromatic heterocycles. The van der Waals surface area contributed by atoms with Crippen molar-refractivity contribution in [1.29, 1.82) is 0 Å². The Morgan fingerprint density at radius 1 is 1.09 bits per heavy atom. The molecule has 0 bridgehead atoms. The van der Waals surface area contributed by atoms with Gasteiger partial charge in [-0.15, -0.1) is 0 Å². The number of hydrogen-bond acceptors (Lipinski definition) is 6. The Bertz CT molecular complexity index is 799. The smallest absolute Gasteiger partial charge is 0.407 e. The van der Waals surface area contributed by atoms with Crippen LogP contribution in [-0.4, -0.2) is 67.3 Å². The second kappa shape index (κ2) is 10.8. The van der Waals surface area contributed by atoms with Gasteiger partial charge in [-0.2, -0.15) is 0 Å². The molecule has 4 rings (SSSR count). The number of carbonyl (C=O) groups is 2. The maximum Gasteiger partial charge on any atom is 0.407 e. The molecule has 2 amide bonds. The summed E-state index contributed by atoms with van der Waals surface area (Å²) in [5.74, 6) is 0.138. The first-order valence-electron chi connectivity index (χ1n) is 13.4. The number of amides is 2. The van der Waals surface area contributed by atoms with Crippen molar-refractivity contribution in [3.05, 3.63) is 11.6 Å². The third kappa shape index (κ3) is 6.03. The van der Waals surface area contributed by atoms with Crippen molar-refractivity contribution in [2.75, 3.05) is 13.7 Å². The van der Waals surface area contributed by atoms with E-state index in [0.717, 1.165) is 44.9 Å². The summed E-state index contributed by atoms with van der Waals surface area (Å²) in [6, 6.07) is 0.270. The van der Waals surface area contributed by atoms with E-state index in [1.54, 1.807) is 7.11 Å². The molecular formula is C27H44N2O6. The van der Waals surface area contributed by atoms with E-state index in [1.807, 2.05) is 6.92 Å². The highest BCUT2D eigenvalue weighted by Gasteiger charge is 2.72. The van der Waals surface area contributed by atoms with Gasteiger partial charge in [0.15, 0.2) is 0 Å². The largest absolute Gasteiger partial charge is 0.443 e. The van der Waals surface area contributed by atoms with Gasteiger partial charge in [0, 0.05) is 25.6 Å². The van der Waals surface area contributed by atoms with Gasteiger partial charge < -0.3 is 29.6 Å². The fourth-order valence-electron chi connectivity index (χ4n) is 6.32. The summed E-state index contributed by atoms with van der Waals surface area (Å²) in [7, 11) is 1.69. The SMILES string of the molecule is CCCC(=O)NC1CCC(NC(=O)OC2CC[C@]3(CO3)C([C@@]3(C)O[C@@H]3CC=C(C)C)C2OC)CC1. The van der Waals surface area contributed by atoms with E-state index in [1.165, 1.54) is 5.57 Å². The van der Waals surface area contributed by atoms with Crippen molar-refractivity contribution in [2.24, 2.45) is 5.92 Å². The first kappa shape index (κ1) is 26.4. The molecule has 0 radical (unpaired) electrons. The van der Waals surface area contributed by atoms with Gasteiger partial charge in [0.05, 0.1) is 18.6 Å². The van der Waals surface area contributed by atoms with Crippen molar-refractivity contribution in [1.82, 2.24) is 10.6 Å².